The summed E-state index contributed by atoms with van der Waals surface area (Å²) in [5, 5.41) is 16.7. The van der Waals surface area contributed by atoms with Crippen LogP contribution in [0.2, 0.25) is 0 Å². The van der Waals surface area contributed by atoms with Gasteiger partial charge in [-0.25, -0.2) is 23.9 Å². The molecule has 1 saturated heterocycles. The molecule has 0 bridgehead atoms. The van der Waals surface area contributed by atoms with Crippen molar-refractivity contribution < 1.29 is 37.4 Å². The molecule has 15 heteroatoms. The molecule has 2 fully saturated rings. The molecule has 216 valence electrons. The number of carbonyl (C=O) groups is 1. The highest BCUT2D eigenvalue weighted by atomic mass is 31.2. The molecule has 3 N–H and O–H groups in total. The fourth-order valence-corrected chi connectivity index (χ4v) is 6.08. The van der Waals surface area contributed by atoms with Gasteiger partial charge in [0, 0.05) is 6.04 Å². The number of hydrogen-bond donors (Lipinski definition) is 3. The van der Waals surface area contributed by atoms with Gasteiger partial charge in [-0.3, -0.25) is 13.9 Å². The molecular formula is C25H32FN6O7P. The molecule has 2 unspecified atom stereocenters. The maximum absolute atomic E-state index is 16.0. The van der Waals surface area contributed by atoms with Crippen molar-refractivity contribution in [2.24, 2.45) is 0 Å². The first-order valence-electron chi connectivity index (χ1n) is 12.9. The minimum Gasteiger partial charge on any atom is -0.468 e. The van der Waals surface area contributed by atoms with Crippen molar-refractivity contribution in [2.45, 2.75) is 69.3 Å². The van der Waals surface area contributed by atoms with Crippen LogP contribution in [0.5, 0.6) is 5.75 Å². The summed E-state index contributed by atoms with van der Waals surface area (Å²) < 4.78 is 52.8. The minimum atomic E-state index is -4.23. The smallest absolute Gasteiger partial charge is 0.459 e. The number of para-hydroxylation sites is 1. The van der Waals surface area contributed by atoms with Crippen LogP contribution < -0.4 is 14.9 Å². The Labute approximate surface area is 230 Å². The number of aromatic nitrogens is 4. The van der Waals surface area contributed by atoms with Gasteiger partial charge in [0.15, 0.2) is 28.9 Å². The number of rotatable bonds is 11. The van der Waals surface area contributed by atoms with Crippen molar-refractivity contribution in [2.75, 3.05) is 19.0 Å². The van der Waals surface area contributed by atoms with E-state index in [2.05, 4.69) is 30.1 Å². The molecule has 3 aromatic rings. The standard InChI is InChI=1S/C25H32FN6O7P/c1-15(23(34)36-3)31-40(35,39-17-10-5-4-6-11-17)37-12-18-20(33)25(2,26)24(38-18)32-14-29-19-21(27-13-28-22(19)32)30-16-8-7-9-16/h4-6,10-11,13-16,18,20,24,33H,7-9,12H2,1-3H3,(H,31,35)(H,27,28,30)/t15-,18+,20+,24+,25?,40?/m0/s1. The average Bonchev–Trinajstić information content (AvgIpc) is 3.43. The predicted octanol–water partition coefficient (Wildman–Crippen LogP) is 3.13. The molecule has 1 saturated carbocycles. The van der Waals surface area contributed by atoms with Gasteiger partial charge in [-0.15, -0.1) is 0 Å². The Bertz CT molecular complexity index is 1390. The third kappa shape index (κ3) is 5.68. The van der Waals surface area contributed by atoms with Gasteiger partial charge >= 0.3 is 13.7 Å². The van der Waals surface area contributed by atoms with Gasteiger partial charge in [-0.2, -0.15) is 5.09 Å². The number of carbonyl (C=O) groups excluding carboxylic acids is 1. The van der Waals surface area contributed by atoms with Crippen molar-refractivity contribution in [1.29, 1.82) is 0 Å². The molecule has 5 rings (SSSR count). The fraction of sp³-hybridized carbons (Fsp3) is 0.520. The fourth-order valence-electron chi connectivity index (χ4n) is 4.57. The maximum Gasteiger partial charge on any atom is 0.459 e. The van der Waals surface area contributed by atoms with Gasteiger partial charge in [0.05, 0.1) is 20.0 Å². The molecule has 0 radical (unpaired) electrons. The van der Waals surface area contributed by atoms with Crippen molar-refractivity contribution >= 4 is 30.7 Å². The molecule has 13 nitrogen and oxygen atoms in total. The lowest BCUT2D eigenvalue weighted by Crippen LogP contribution is -2.41. The third-order valence-electron chi connectivity index (χ3n) is 7.06. The second kappa shape index (κ2) is 11.4. The van der Waals surface area contributed by atoms with E-state index in [9.17, 15) is 14.5 Å². The van der Waals surface area contributed by atoms with Crippen molar-refractivity contribution in [3.05, 3.63) is 43.0 Å². The molecule has 6 atom stereocenters. The molecule has 1 aliphatic carbocycles. The lowest BCUT2D eigenvalue weighted by atomic mass is 9.93. The number of aliphatic hydroxyl groups is 1. The Balaban J connectivity index is 1.35. The molecule has 0 spiro atoms. The number of esters is 1. The second-order valence-corrected chi connectivity index (χ2v) is 11.7. The van der Waals surface area contributed by atoms with Crippen molar-refractivity contribution in [3.63, 3.8) is 0 Å². The van der Waals surface area contributed by atoms with Crippen LogP contribution in [0, 0.1) is 0 Å². The number of methoxy groups -OCH3 is 1. The predicted molar refractivity (Wildman–Crippen MR) is 141 cm³/mol. The number of aliphatic hydroxyl groups excluding tert-OH is 1. The maximum atomic E-state index is 16.0. The van der Waals surface area contributed by atoms with Gasteiger partial charge < -0.3 is 24.4 Å². The summed E-state index contributed by atoms with van der Waals surface area (Å²) in [6.45, 7) is 2.09. The van der Waals surface area contributed by atoms with E-state index in [-0.39, 0.29) is 5.75 Å². The summed E-state index contributed by atoms with van der Waals surface area (Å²) in [6, 6.07) is 7.41. The van der Waals surface area contributed by atoms with Crippen LogP contribution in [0.1, 0.15) is 39.3 Å². The monoisotopic (exact) mass is 578 g/mol. The number of nitrogens with one attached hydrogen (secondary N) is 2. The molecular weight excluding hydrogens is 546 g/mol. The number of alkyl halides is 1. The van der Waals surface area contributed by atoms with E-state index in [1.807, 2.05) is 0 Å². The number of fused-ring (bicyclic) bond motifs is 1. The van der Waals surface area contributed by atoms with Gasteiger partial charge in [-0.1, -0.05) is 18.2 Å². The molecule has 3 heterocycles. The van der Waals surface area contributed by atoms with Crippen LogP contribution in [0.15, 0.2) is 43.0 Å². The number of anilines is 1. The summed E-state index contributed by atoms with van der Waals surface area (Å²) in [6.07, 6.45) is 1.67. The molecule has 1 aromatic carbocycles. The Morgan fingerprint density at radius 2 is 2.05 bits per heavy atom. The summed E-state index contributed by atoms with van der Waals surface area (Å²) >= 11 is 0. The Kier molecular flexibility index (Phi) is 8.07. The molecule has 2 aliphatic rings. The second-order valence-electron chi connectivity index (χ2n) is 10.0. The van der Waals surface area contributed by atoms with Gasteiger partial charge in [0.2, 0.25) is 0 Å². The number of imidazole rings is 1. The van der Waals surface area contributed by atoms with E-state index in [0.717, 1.165) is 19.3 Å². The molecule has 0 amide bonds. The van der Waals surface area contributed by atoms with Gasteiger partial charge in [0.1, 0.15) is 30.3 Å². The SMILES string of the molecule is COC(=O)[C@H](C)NP(=O)(OC[C@H]1O[C@@H](n2cnc3c(NC4CCC4)ncnc32)C(C)(F)[C@@H]1O)Oc1ccccc1. The Hall–Kier alpha value is -3.16. The lowest BCUT2D eigenvalue weighted by molar-refractivity contribution is -0.142. The van der Waals surface area contributed by atoms with Crippen LogP contribution in [-0.4, -0.2) is 74.3 Å². The van der Waals surface area contributed by atoms with Crippen LogP contribution in [-0.2, 0) is 23.4 Å². The van der Waals surface area contributed by atoms with Crippen molar-refractivity contribution in [1.82, 2.24) is 24.6 Å². The largest absolute Gasteiger partial charge is 0.468 e. The normalized spacial score (nSPS) is 27.1. The zero-order chi connectivity index (χ0) is 28.5. The number of ether oxygens (including phenoxy) is 2. The molecule has 1 aliphatic heterocycles. The first-order chi connectivity index (χ1) is 19.1. The van der Waals surface area contributed by atoms with Gasteiger partial charge in [0.25, 0.3) is 0 Å². The van der Waals surface area contributed by atoms with Crippen molar-refractivity contribution in [3.8, 4) is 5.75 Å². The van der Waals surface area contributed by atoms with Crippen LogP contribution in [0.3, 0.4) is 0 Å². The zero-order valence-electron chi connectivity index (χ0n) is 22.3. The first kappa shape index (κ1) is 28.4. The summed E-state index contributed by atoms with van der Waals surface area (Å²) in [5.41, 5.74) is -1.53. The topological polar surface area (TPSA) is 159 Å². The lowest BCUT2D eigenvalue weighted by Gasteiger charge is -2.27. The quantitative estimate of drug-likeness (QED) is 0.226. The van der Waals surface area contributed by atoms with Crippen LogP contribution >= 0.6 is 7.75 Å². The highest BCUT2D eigenvalue weighted by Crippen LogP contribution is 2.48. The van der Waals surface area contributed by atoms with E-state index in [1.54, 1.807) is 30.3 Å². The summed E-state index contributed by atoms with van der Waals surface area (Å²) in [5.74, 6) is 0.0406. The average molecular weight is 579 g/mol. The van der Waals surface area contributed by atoms with Crippen LogP contribution in [0.4, 0.5) is 10.2 Å². The Morgan fingerprint density at radius 1 is 1.30 bits per heavy atom. The van der Waals surface area contributed by atoms with E-state index >= 15 is 4.39 Å². The molecule has 2 aromatic heterocycles. The summed E-state index contributed by atoms with van der Waals surface area (Å²) in [4.78, 5) is 24.9. The van der Waals surface area contributed by atoms with E-state index in [0.29, 0.717) is 23.0 Å². The number of benzene rings is 1. The number of hydrogen-bond acceptors (Lipinski definition) is 11. The Morgan fingerprint density at radius 3 is 2.73 bits per heavy atom. The summed E-state index contributed by atoms with van der Waals surface area (Å²) in [7, 11) is -3.05. The number of halogens is 1. The zero-order valence-corrected chi connectivity index (χ0v) is 23.2. The highest BCUT2D eigenvalue weighted by molar-refractivity contribution is 7.52. The first-order valence-corrected chi connectivity index (χ1v) is 14.5. The van der Waals surface area contributed by atoms with Gasteiger partial charge in [-0.05, 0) is 45.2 Å². The van der Waals surface area contributed by atoms with E-state index in [4.69, 9.17) is 13.8 Å². The van der Waals surface area contributed by atoms with Crippen LogP contribution in [0.25, 0.3) is 11.2 Å². The third-order valence-corrected chi connectivity index (χ3v) is 8.70. The van der Waals surface area contributed by atoms with E-state index in [1.165, 1.54) is 38.2 Å². The van der Waals surface area contributed by atoms with E-state index < -0.39 is 50.5 Å². The highest BCUT2D eigenvalue weighted by Gasteiger charge is 2.56. The molecule has 40 heavy (non-hydrogen) atoms. The number of nitrogens with zero attached hydrogens (tertiary/aromatic N) is 4. The minimum absolute atomic E-state index is 0.201.